The van der Waals surface area contributed by atoms with Crippen molar-refractivity contribution in [3.05, 3.63) is 28.3 Å². The number of nitrogens with two attached hydrogens (primary N) is 1. The summed E-state index contributed by atoms with van der Waals surface area (Å²) < 4.78 is 28.7. The van der Waals surface area contributed by atoms with Crippen molar-refractivity contribution in [1.29, 1.82) is 0 Å². The van der Waals surface area contributed by atoms with E-state index in [1.807, 2.05) is 0 Å². The molecule has 1 aliphatic heterocycles. The quantitative estimate of drug-likeness (QED) is 0.561. The molecule has 0 bridgehead atoms. The van der Waals surface area contributed by atoms with E-state index < -0.39 is 14.9 Å². The maximum atomic E-state index is 11.4. The van der Waals surface area contributed by atoms with Crippen LogP contribution in [0.4, 0.5) is 11.4 Å². The lowest BCUT2D eigenvalue weighted by atomic mass is 9.89. The lowest BCUT2D eigenvalue weighted by molar-refractivity contribution is -0.384. The number of hydrogen-bond acceptors (Lipinski definition) is 6. The fourth-order valence-corrected chi connectivity index (χ4v) is 3.82. The zero-order valence-corrected chi connectivity index (χ0v) is 15.3. The van der Waals surface area contributed by atoms with Gasteiger partial charge in [0.05, 0.1) is 15.9 Å². The first-order valence-corrected chi connectivity index (χ1v) is 10.00. The van der Waals surface area contributed by atoms with Crippen molar-refractivity contribution in [2.75, 3.05) is 11.9 Å². The number of nitro groups is 1. The summed E-state index contributed by atoms with van der Waals surface area (Å²) in [4.78, 5) is 10.4. The molecular weight excluding hydrogens is 346 g/mol. The number of anilines is 1. The highest BCUT2D eigenvalue weighted by molar-refractivity contribution is 7.89. The molecule has 140 valence electrons. The van der Waals surface area contributed by atoms with Gasteiger partial charge in [-0.15, -0.1) is 0 Å². The van der Waals surface area contributed by atoms with Crippen LogP contribution in [-0.4, -0.2) is 32.1 Å². The van der Waals surface area contributed by atoms with Gasteiger partial charge in [0.2, 0.25) is 10.0 Å². The molecule has 9 heteroatoms. The van der Waals surface area contributed by atoms with Gasteiger partial charge >= 0.3 is 0 Å². The smallest absolute Gasteiger partial charge is 0.293 e. The SMILES string of the molecule is CCC(CC)C1CC(Nc2ccc(S(N)(=O)=O)cc2[N+](=O)[O-])CCO1. The number of primary sulfonamides is 1. The topological polar surface area (TPSA) is 125 Å². The zero-order chi connectivity index (χ0) is 18.6. The van der Waals surface area contributed by atoms with E-state index >= 15 is 0 Å². The number of sulfonamides is 1. The minimum Gasteiger partial charge on any atom is -0.378 e. The van der Waals surface area contributed by atoms with Crippen LogP contribution in [0.1, 0.15) is 39.5 Å². The van der Waals surface area contributed by atoms with Gasteiger partial charge in [0.25, 0.3) is 5.69 Å². The van der Waals surface area contributed by atoms with Crippen LogP contribution in [0.5, 0.6) is 0 Å². The van der Waals surface area contributed by atoms with Gasteiger partial charge in [-0.25, -0.2) is 13.6 Å². The summed E-state index contributed by atoms with van der Waals surface area (Å²) in [5.74, 6) is 0.462. The van der Waals surface area contributed by atoms with Gasteiger partial charge < -0.3 is 10.1 Å². The van der Waals surface area contributed by atoms with E-state index in [4.69, 9.17) is 9.88 Å². The van der Waals surface area contributed by atoms with E-state index in [1.54, 1.807) is 0 Å². The van der Waals surface area contributed by atoms with E-state index in [0.29, 0.717) is 18.2 Å². The van der Waals surface area contributed by atoms with Crippen molar-refractivity contribution < 1.29 is 18.1 Å². The molecule has 0 spiro atoms. The molecule has 0 amide bonds. The van der Waals surface area contributed by atoms with Crippen LogP contribution in [0.25, 0.3) is 0 Å². The number of ether oxygens (including phenoxy) is 1. The number of hydrogen-bond donors (Lipinski definition) is 2. The molecule has 1 fully saturated rings. The Morgan fingerprint density at radius 3 is 2.64 bits per heavy atom. The van der Waals surface area contributed by atoms with Crippen LogP contribution in [-0.2, 0) is 14.8 Å². The summed E-state index contributed by atoms with van der Waals surface area (Å²) >= 11 is 0. The summed E-state index contributed by atoms with van der Waals surface area (Å²) in [5.41, 5.74) is 0.00435. The Hall–Kier alpha value is -1.71. The van der Waals surface area contributed by atoms with Gasteiger partial charge in [-0.05, 0) is 30.9 Å². The minimum absolute atomic E-state index is 0.0402. The molecule has 2 atom stereocenters. The molecule has 2 rings (SSSR count). The third-order valence-electron chi connectivity index (χ3n) is 4.74. The van der Waals surface area contributed by atoms with Crippen LogP contribution in [0, 0.1) is 16.0 Å². The molecule has 1 aliphatic rings. The number of benzene rings is 1. The molecular formula is C16H25N3O5S. The van der Waals surface area contributed by atoms with Gasteiger partial charge in [-0.1, -0.05) is 26.7 Å². The van der Waals surface area contributed by atoms with Gasteiger partial charge in [0.1, 0.15) is 5.69 Å². The predicted molar refractivity (Wildman–Crippen MR) is 94.9 cm³/mol. The molecule has 1 aromatic carbocycles. The second-order valence-electron chi connectivity index (χ2n) is 6.33. The van der Waals surface area contributed by atoms with Gasteiger partial charge in [0.15, 0.2) is 0 Å². The standard InChI is InChI=1S/C16H25N3O5S/c1-3-11(4-2)16-9-12(7-8-24-16)18-14-6-5-13(25(17,22)23)10-15(14)19(20)21/h5-6,10-12,16,18H,3-4,7-9H2,1-2H3,(H2,17,22,23). The number of nitro benzene ring substituents is 1. The molecule has 1 aromatic rings. The third-order valence-corrected chi connectivity index (χ3v) is 5.65. The first kappa shape index (κ1) is 19.6. The summed E-state index contributed by atoms with van der Waals surface area (Å²) in [6, 6.07) is 3.72. The largest absolute Gasteiger partial charge is 0.378 e. The Morgan fingerprint density at radius 1 is 1.40 bits per heavy atom. The fraction of sp³-hybridized carbons (Fsp3) is 0.625. The Bertz CT molecular complexity index is 718. The molecule has 8 nitrogen and oxygen atoms in total. The number of nitrogens with zero attached hydrogens (tertiary/aromatic N) is 1. The van der Waals surface area contributed by atoms with Crippen LogP contribution in [0.2, 0.25) is 0 Å². The maximum absolute atomic E-state index is 11.4. The molecule has 25 heavy (non-hydrogen) atoms. The average molecular weight is 371 g/mol. The second kappa shape index (κ2) is 8.11. The average Bonchev–Trinajstić information content (AvgIpc) is 2.55. The zero-order valence-electron chi connectivity index (χ0n) is 14.5. The summed E-state index contributed by atoms with van der Waals surface area (Å²) in [5, 5.41) is 19.6. The van der Waals surface area contributed by atoms with Crippen LogP contribution in [0.15, 0.2) is 23.1 Å². The minimum atomic E-state index is -3.99. The molecule has 1 saturated heterocycles. The van der Waals surface area contributed by atoms with Gasteiger partial charge in [-0.2, -0.15) is 0 Å². The monoisotopic (exact) mass is 371 g/mol. The molecule has 0 radical (unpaired) electrons. The lowest BCUT2D eigenvalue weighted by Crippen LogP contribution is -2.38. The normalized spacial score (nSPS) is 21.3. The Morgan fingerprint density at radius 2 is 2.08 bits per heavy atom. The molecule has 2 unspecified atom stereocenters. The summed E-state index contributed by atoms with van der Waals surface area (Å²) in [6.07, 6.45) is 3.68. The Balaban J connectivity index is 2.20. The molecule has 1 heterocycles. The summed E-state index contributed by atoms with van der Waals surface area (Å²) in [7, 11) is -3.99. The van der Waals surface area contributed by atoms with Crippen LogP contribution >= 0.6 is 0 Å². The highest BCUT2D eigenvalue weighted by Crippen LogP contribution is 2.31. The predicted octanol–water partition coefficient (Wildman–Crippen LogP) is 2.64. The van der Waals surface area contributed by atoms with E-state index in [9.17, 15) is 18.5 Å². The molecule has 0 saturated carbocycles. The highest BCUT2D eigenvalue weighted by Gasteiger charge is 2.29. The number of rotatable bonds is 7. The van der Waals surface area contributed by atoms with E-state index in [0.717, 1.165) is 31.7 Å². The second-order valence-corrected chi connectivity index (χ2v) is 7.89. The summed E-state index contributed by atoms with van der Waals surface area (Å²) in [6.45, 7) is 4.86. The van der Waals surface area contributed by atoms with Crippen LogP contribution < -0.4 is 10.5 Å². The van der Waals surface area contributed by atoms with Crippen molar-refractivity contribution in [1.82, 2.24) is 0 Å². The fourth-order valence-electron chi connectivity index (χ4n) is 3.28. The van der Waals surface area contributed by atoms with Crippen LogP contribution in [0.3, 0.4) is 0 Å². The van der Waals surface area contributed by atoms with Crippen molar-refractivity contribution >= 4 is 21.4 Å². The Kier molecular flexibility index (Phi) is 6.36. The molecule has 0 aromatic heterocycles. The van der Waals surface area contributed by atoms with E-state index in [2.05, 4.69) is 19.2 Å². The Labute approximate surface area is 147 Å². The highest BCUT2D eigenvalue weighted by atomic mass is 32.2. The van der Waals surface area contributed by atoms with E-state index in [-0.39, 0.29) is 22.7 Å². The maximum Gasteiger partial charge on any atom is 0.293 e. The van der Waals surface area contributed by atoms with Crippen molar-refractivity contribution in [3.63, 3.8) is 0 Å². The first-order chi connectivity index (χ1) is 11.8. The molecule has 3 N–H and O–H groups in total. The third kappa shape index (κ3) is 4.90. The van der Waals surface area contributed by atoms with Crippen molar-refractivity contribution in [2.45, 2.75) is 56.6 Å². The van der Waals surface area contributed by atoms with E-state index in [1.165, 1.54) is 12.1 Å². The number of nitrogens with one attached hydrogen (secondary N) is 1. The van der Waals surface area contributed by atoms with Crippen molar-refractivity contribution in [2.24, 2.45) is 11.1 Å². The lowest BCUT2D eigenvalue weighted by Gasteiger charge is -2.34. The van der Waals surface area contributed by atoms with Gasteiger partial charge in [0, 0.05) is 18.7 Å². The van der Waals surface area contributed by atoms with Crippen molar-refractivity contribution in [3.8, 4) is 0 Å². The van der Waals surface area contributed by atoms with Gasteiger partial charge in [-0.3, -0.25) is 10.1 Å². The molecule has 0 aliphatic carbocycles. The first-order valence-electron chi connectivity index (χ1n) is 8.45.